The molecule has 0 bridgehead atoms. The van der Waals surface area contributed by atoms with E-state index in [1.807, 2.05) is 13.0 Å². The Kier molecular flexibility index (Phi) is 10.9. The number of halogens is 2. The lowest BCUT2D eigenvalue weighted by molar-refractivity contribution is -0.137. The van der Waals surface area contributed by atoms with Crippen LogP contribution in [-0.2, 0) is 16.0 Å². The maximum Gasteiger partial charge on any atom is 0.325 e. The van der Waals surface area contributed by atoms with Crippen LogP contribution in [0.4, 0.5) is 16.3 Å². The topological polar surface area (TPSA) is 142 Å². The van der Waals surface area contributed by atoms with Crippen LogP contribution in [-0.4, -0.2) is 72.8 Å². The van der Waals surface area contributed by atoms with E-state index in [4.69, 9.17) is 26.3 Å². The second-order valence-corrected chi connectivity index (χ2v) is 7.89. The third kappa shape index (κ3) is 7.93. The molecule has 0 radical (unpaired) electrons. The molecule has 188 valence electrons. The maximum absolute atomic E-state index is 12.5. The lowest BCUT2D eigenvalue weighted by atomic mass is 10.1. The highest BCUT2D eigenvalue weighted by molar-refractivity contribution is 6.31. The molecule has 13 heteroatoms. The molecule has 3 amide bonds. The van der Waals surface area contributed by atoms with Gasteiger partial charge in [-0.1, -0.05) is 11.6 Å². The molecule has 1 fully saturated rings. The molecule has 35 heavy (non-hydrogen) atoms. The Labute approximate surface area is 214 Å². The molecule has 1 saturated heterocycles. The summed E-state index contributed by atoms with van der Waals surface area (Å²) >= 11 is 6.44. The number of hydrogen-bond acceptors (Lipinski definition) is 8. The van der Waals surface area contributed by atoms with Crippen LogP contribution in [0.1, 0.15) is 18.2 Å². The number of hydrogen-bond donors (Lipinski definition) is 3. The highest BCUT2D eigenvalue weighted by atomic mass is 35.5. The number of carbonyl (C=O) groups is 2. The molecule has 0 saturated carbocycles. The number of nitrogens with zero attached hydrogens (tertiary/aromatic N) is 4. The minimum Gasteiger partial charge on any atom is -0.495 e. The van der Waals surface area contributed by atoms with Gasteiger partial charge < -0.3 is 25.0 Å². The molecule has 3 rings (SSSR count). The van der Waals surface area contributed by atoms with Crippen molar-refractivity contribution < 1.29 is 19.1 Å². The summed E-state index contributed by atoms with van der Waals surface area (Å²) in [5.74, 6) is 0.660. The summed E-state index contributed by atoms with van der Waals surface area (Å²) < 4.78 is 10.7. The molecule has 0 aliphatic carbocycles. The predicted molar refractivity (Wildman–Crippen MR) is 133 cm³/mol. The molecule has 1 aromatic heterocycles. The number of nitriles is 1. The molecule has 1 atom stereocenters. The molecule has 1 aromatic carbocycles. The summed E-state index contributed by atoms with van der Waals surface area (Å²) in [5, 5.41) is 17.6. The first-order valence-electron chi connectivity index (χ1n) is 10.7. The quantitative estimate of drug-likeness (QED) is 0.478. The number of morpholine rings is 1. The van der Waals surface area contributed by atoms with E-state index in [9.17, 15) is 9.59 Å². The largest absolute Gasteiger partial charge is 0.495 e. The van der Waals surface area contributed by atoms with Crippen molar-refractivity contribution in [2.45, 2.75) is 19.4 Å². The van der Waals surface area contributed by atoms with Crippen molar-refractivity contribution in [2.75, 3.05) is 50.6 Å². The van der Waals surface area contributed by atoms with Gasteiger partial charge in [0.2, 0.25) is 5.91 Å². The van der Waals surface area contributed by atoms with E-state index < -0.39 is 6.03 Å². The lowest BCUT2D eigenvalue weighted by Gasteiger charge is -2.29. The summed E-state index contributed by atoms with van der Waals surface area (Å²) in [6, 6.07) is 4.30. The first-order chi connectivity index (χ1) is 16.4. The number of methoxy groups -OCH3 is 1. The minimum absolute atomic E-state index is 0. The SMILES string of the molecule is COc1cc(CCN[C@H](C)C(=O)N2CCOCC2)c(Cl)cc1NC(=O)Nc1cnc(C#N)cn1.Cl. The number of benzene rings is 1. The van der Waals surface area contributed by atoms with Crippen molar-refractivity contribution in [2.24, 2.45) is 0 Å². The van der Waals surface area contributed by atoms with Gasteiger partial charge in [0.05, 0.1) is 44.4 Å². The van der Waals surface area contributed by atoms with E-state index in [0.29, 0.717) is 55.7 Å². The first-order valence-corrected chi connectivity index (χ1v) is 11.1. The average Bonchev–Trinajstić information content (AvgIpc) is 2.85. The van der Waals surface area contributed by atoms with Gasteiger partial charge in [-0.15, -0.1) is 12.4 Å². The second kappa shape index (κ2) is 13.7. The van der Waals surface area contributed by atoms with Gasteiger partial charge in [0.15, 0.2) is 11.5 Å². The van der Waals surface area contributed by atoms with Crippen molar-refractivity contribution in [3.05, 3.63) is 40.8 Å². The number of urea groups is 1. The van der Waals surface area contributed by atoms with Crippen molar-refractivity contribution in [1.29, 1.82) is 5.26 Å². The fourth-order valence-electron chi connectivity index (χ4n) is 3.34. The molecule has 2 aromatic rings. The molecular weight excluding hydrogens is 497 g/mol. The molecule has 2 heterocycles. The fourth-order valence-corrected chi connectivity index (χ4v) is 3.60. The molecule has 1 aliphatic rings. The van der Waals surface area contributed by atoms with E-state index in [-0.39, 0.29) is 35.9 Å². The normalized spacial score (nSPS) is 13.7. The van der Waals surface area contributed by atoms with Crippen molar-refractivity contribution >= 4 is 47.5 Å². The highest BCUT2D eigenvalue weighted by Gasteiger charge is 2.22. The van der Waals surface area contributed by atoms with Crippen LogP contribution in [0.25, 0.3) is 0 Å². The maximum atomic E-state index is 12.5. The zero-order valence-electron chi connectivity index (χ0n) is 19.3. The third-order valence-electron chi connectivity index (χ3n) is 5.16. The molecule has 0 unspecified atom stereocenters. The van der Waals surface area contributed by atoms with Gasteiger partial charge in [0.1, 0.15) is 11.8 Å². The van der Waals surface area contributed by atoms with E-state index in [0.717, 1.165) is 5.56 Å². The van der Waals surface area contributed by atoms with Gasteiger partial charge >= 0.3 is 6.03 Å². The van der Waals surface area contributed by atoms with Crippen LogP contribution in [0.15, 0.2) is 24.5 Å². The van der Waals surface area contributed by atoms with E-state index >= 15 is 0 Å². The van der Waals surface area contributed by atoms with Crippen LogP contribution in [0, 0.1) is 11.3 Å². The smallest absolute Gasteiger partial charge is 0.325 e. The van der Waals surface area contributed by atoms with E-state index in [1.54, 1.807) is 17.0 Å². The van der Waals surface area contributed by atoms with Crippen molar-refractivity contribution in [3.63, 3.8) is 0 Å². The number of aromatic nitrogens is 2. The first kappa shape index (κ1) is 28.1. The van der Waals surface area contributed by atoms with Gasteiger partial charge in [-0.25, -0.2) is 14.8 Å². The zero-order valence-corrected chi connectivity index (χ0v) is 20.9. The standard InChI is InChI=1S/C22H26ClN7O4.ClH/c1-14(21(31)30-5-7-34-8-6-30)25-4-3-15-9-19(33-2)18(10-17(15)23)28-22(32)29-20-13-26-16(11-24)12-27-20;/h9-10,12-14,25H,3-8H2,1-2H3,(H2,27,28,29,32);1H/t14-;/m1./s1. The van der Waals surface area contributed by atoms with Crippen LogP contribution < -0.4 is 20.7 Å². The van der Waals surface area contributed by atoms with E-state index in [1.165, 1.54) is 19.5 Å². The number of amides is 3. The number of ether oxygens (including phenoxy) is 2. The Morgan fingerprint density at radius 2 is 2.00 bits per heavy atom. The molecule has 3 N–H and O–H groups in total. The summed E-state index contributed by atoms with van der Waals surface area (Å²) in [4.78, 5) is 34.4. The highest BCUT2D eigenvalue weighted by Crippen LogP contribution is 2.31. The Bertz CT molecular complexity index is 1060. The number of anilines is 2. The Morgan fingerprint density at radius 1 is 1.26 bits per heavy atom. The van der Waals surface area contributed by atoms with Crippen LogP contribution in [0.2, 0.25) is 5.02 Å². The summed E-state index contributed by atoms with van der Waals surface area (Å²) in [6.07, 6.45) is 3.09. The fraction of sp³-hybridized carbons (Fsp3) is 0.409. The monoisotopic (exact) mass is 523 g/mol. The zero-order chi connectivity index (χ0) is 24.5. The summed E-state index contributed by atoms with van der Waals surface area (Å²) in [6.45, 7) is 4.70. The third-order valence-corrected chi connectivity index (χ3v) is 5.51. The molecule has 11 nitrogen and oxygen atoms in total. The summed E-state index contributed by atoms with van der Waals surface area (Å²) in [7, 11) is 1.49. The second-order valence-electron chi connectivity index (χ2n) is 7.49. The van der Waals surface area contributed by atoms with Crippen molar-refractivity contribution in [3.8, 4) is 11.8 Å². The minimum atomic E-state index is -0.571. The van der Waals surface area contributed by atoms with Crippen LogP contribution >= 0.6 is 24.0 Å². The van der Waals surface area contributed by atoms with Gasteiger partial charge in [0, 0.05) is 18.1 Å². The Morgan fingerprint density at radius 3 is 2.63 bits per heavy atom. The molecule has 1 aliphatic heterocycles. The molecular formula is C22H27Cl2N7O4. The number of rotatable bonds is 8. The molecule has 0 spiro atoms. The average molecular weight is 524 g/mol. The van der Waals surface area contributed by atoms with Crippen molar-refractivity contribution in [1.82, 2.24) is 20.2 Å². The van der Waals surface area contributed by atoms with Crippen LogP contribution in [0.5, 0.6) is 5.75 Å². The van der Waals surface area contributed by atoms with Crippen LogP contribution in [0.3, 0.4) is 0 Å². The summed E-state index contributed by atoms with van der Waals surface area (Å²) in [5.41, 5.74) is 1.32. The van der Waals surface area contributed by atoms with Gasteiger partial charge in [0.25, 0.3) is 0 Å². The van der Waals surface area contributed by atoms with Gasteiger partial charge in [-0.3, -0.25) is 10.1 Å². The Hall–Kier alpha value is -3.17. The van der Waals surface area contributed by atoms with Gasteiger partial charge in [-0.2, -0.15) is 5.26 Å². The van der Waals surface area contributed by atoms with Gasteiger partial charge in [-0.05, 0) is 37.6 Å². The number of nitrogens with one attached hydrogen (secondary N) is 3. The number of carbonyl (C=O) groups excluding carboxylic acids is 2. The predicted octanol–water partition coefficient (Wildman–Crippen LogP) is 2.46. The Balaban J connectivity index is 0.00000432. The van der Waals surface area contributed by atoms with E-state index in [2.05, 4.69) is 25.9 Å². The lowest BCUT2D eigenvalue weighted by Crippen LogP contribution is -2.49.